The molecule has 1 aromatic rings. The lowest BCUT2D eigenvalue weighted by molar-refractivity contribution is -0.144. The van der Waals surface area contributed by atoms with Crippen LogP contribution in [-0.2, 0) is 9.53 Å². The maximum absolute atomic E-state index is 11.5. The van der Waals surface area contributed by atoms with Gasteiger partial charge in [0.2, 0.25) is 0 Å². The van der Waals surface area contributed by atoms with Crippen molar-refractivity contribution >= 4 is 11.7 Å². The highest BCUT2D eigenvalue weighted by molar-refractivity contribution is 5.77. The highest BCUT2D eigenvalue weighted by Crippen LogP contribution is 2.48. The predicted molar refractivity (Wildman–Crippen MR) is 61.7 cm³/mol. The first kappa shape index (κ1) is 11.0. The van der Waals surface area contributed by atoms with Gasteiger partial charge in [-0.3, -0.25) is 10.6 Å². The first-order valence-corrected chi connectivity index (χ1v) is 5.49. The van der Waals surface area contributed by atoms with Gasteiger partial charge in [-0.15, -0.1) is 0 Å². The van der Waals surface area contributed by atoms with E-state index in [0.717, 1.165) is 12.1 Å². The maximum Gasteiger partial charge on any atom is 0.309 e. The van der Waals surface area contributed by atoms with Crippen LogP contribution in [0.4, 0.5) is 5.69 Å². The number of carbonyl (C=O) groups excluding carboxylic acids is 1. The number of anilines is 1. The van der Waals surface area contributed by atoms with Crippen molar-refractivity contribution in [2.75, 3.05) is 12.0 Å². The number of esters is 1. The van der Waals surface area contributed by atoms with Crippen LogP contribution in [0.1, 0.15) is 24.8 Å². The average molecular weight is 220 g/mol. The Balaban J connectivity index is 1.97. The molecule has 1 fully saturated rings. The molecule has 0 aromatic heterocycles. The van der Waals surface area contributed by atoms with Gasteiger partial charge < -0.3 is 10.2 Å². The van der Waals surface area contributed by atoms with E-state index in [1.165, 1.54) is 5.56 Å². The van der Waals surface area contributed by atoms with E-state index < -0.39 is 0 Å². The summed E-state index contributed by atoms with van der Waals surface area (Å²) >= 11 is 0. The molecular weight excluding hydrogens is 204 g/mol. The third kappa shape index (κ3) is 2.17. The van der Waals surface area contributed by atoms with E-state index in [9.17, 15) is 4.79 Å². The van der Waals surface area contributed by atoms with Crippen LogP contribution < -0.4 is 11.3 Å². The Hall–Kier alpha value is -1.55. The minimum Gasteiger partial charge on any atom is -0.466 e. The summed E-state index contributed by atoms with van der Waals surface area (Å²) in [4.78, 5) is 11.5. The fourth-order valence-corrected chi connectivity index (χ4v) is 1.90. The van der Waals surface area contributed by atoms with Gasteiger partial charge in [-0.1, -0.05) is 12.1 Å². The van der Waals surface area contributed by atoms with Gasteiger partial charge in [0.1, 0.15) is 0 Å². The van der Waals surface area contributed by atoms with Crippen LogP contribution in [0.15, 0.2) is 24.3 Å². The number of ether oxygens (including phenoxy) is 1. The minimum absolute atomic E-state index is 0.0524. The molecule has 0 saturated heterocycles. The van der Waals surface area contributed by atoms with Crippen molar-refractivity contribution in [2.45, 2.75) is 19.3 Å². The van der Waals surface area contributed by atoms with Crippen molar-refractivity contribution in [3.63, 3.8) is 0 Å². The molecule has 1 aliphatic rings. The molecule has 2 atom stereocenters. The van der Waals surface area contributed by atoms with E-state index in [4.69, 9.17) is 10.6 Å². The van der Waals surface area contributed by atoms with Crippen molar-refractivity contribution < 1.29 is 9.53 Å². The fourth-order valence-electron chi connectivity index (χ4n) is 1.90. The number of benzene rings is 1. The van der Waals surface area contributed by atoms with Gasteiger partial charge in [-0.25, -0.2) is 0 Å². The van der Waals surface area contributed by atoms with Gasteiger partial charge in [-0.05, 0) is 37.0 Å². The summed E-state index contributed by atoms with van der Waals surface area (Å²) in [6.45, 7) is 2.29. The van der Waals surface area contributed by atoms with Crippen molar-refractivity contribution in [3.8, 4) is 0 Å². The van der Waals surface area contributed by atoms with Crippen LogP contribution in [0.2, 0.25) is 0 Å². The fraction of sp³-hybridized carbons (Fsp3) is 0.417. The molecule has 0 bridgehead atoms. The summed E-state index contributed by atoms with van der Waals surface area (Å²) in [5.41, 5.74) is 4.63. The molecule has 0 spiro atoms. The van der Waals surface area contributed by atoms with E-state index in [-0.39, 0.29) is 11.9 Å². The lowest BCUT2D eigenvalue weighted by atomic mass is 10.1. The van der Waals surface area contributed by atoms with Crippen LogP contribution >= 0.6 is 0 Å². The zero-order valence-corrected chi connectivity index (χ0v) is 9.27. The third-order valence-electron chi connectivity index (χ3n) is 2.89. The zero-order chi connectivity index (χ0) is 11.5. The van der Waals surface area contributed by atoms with E-state index in [1.807, 2.05) is 31.2 Å². The molecule has 0 aliphatic heterocycles. The second-order valence-corrected chi connectivity index (χ2v) is 3.97. The van der Waals surface area contributed by atoms with Crippen molar-refractivity contribution in [1.82, 2.24) is 0 Å². The Morgan fingerprint density at radius 3 is 2.75 bits per heavy atom. The van der Waals surface area contributed by atoms with E-state index in [1.54, 1.807) is 0 Å². The first-order valence-electron chi connectivity index (χ1n) is 5.49. The molecule has 3 N–H and O–H groups in total. The third-order valence-corrected chi connectivity index (χ3v) is 2.89. The van der Waals surface area contributed by atoms with Gasteiger partial charge >= 0.3 is 5.97 Å². The van der Waals surface area contributed by atoms with E-state index in [2.05, 4.69) is 5.43 Å². The molecule has 4 nitrogen and oxygen atoms in total. The molecule has 4 heteroatoms. The van der Waals surface area contributed by atoms with Crippen LogP contribution in [0, 0.1) is 5.92 Å². The van der Waals surface area contributed by atoms with Crippen molar-refractivity contribution in [3.05, 3.63) is 29.8 Å². The highest BCUT2D eigenvalue weighted by Gasteiger charge is 2.44. The number of hydrogen-bond donors (Lipinski definition) is 2. The molecule has 16 heavy (non-hydrogen) atoms. The largest absolute Gasteiger partial charge is 0.466 e. The van der Waals surface area contributed by atoms with Gasteiger partial charge in [0, 0.05) is 5.69 Å². The second kappa shape index (κ2) is 4.53. The summed E-state index contributed by atoms with van der Waals surface area (Å²) in [6.07, 6.45) is 0.897. The van der Waals surface area contributed by atoms with Gasteiger partial charge in [0.25, 0.3) is 0 Å². The molecule has 2 unspecified atom stereocenters. The number of nitrogens with two attached hydrogens (primary N) is 1. The number of nitrogens with one attached hydrogen (secondary N) is 1. The smallest absolute Gasteiger partial charge is 0.309 e. The van der Waals surface area contributed by atoms with Crippen LogP contribution in [0.5, 0.6) is 0 Å². The molecule has 1 aromatic carbocycles. The van der Waals surface area contributed by atoms with Crippen LogP contribution in [0.3, 0.4) is 0 Å². The van der Waals surface area contributed by atoms with Gasteiger partial charge in [-0.2, -0.15) is 0 Å². The first-order chi connectivity index (χ1) is 7.76. The Morgan fingerprint density at radius 1 is 1.50 bits per heavy atom. The lowest BCUT2D eigenvalue weighted by Crippen LogP contribution is -2.07. The number of hydrazine groups is 1. The predicted octanol–water partition coefficient (Wildman–Crippen LogP) is 1.64. The van der Waals surface area contributed by atoms with E-state index >= 15 is 0 Å². The maximum atomic E-state index is 11.5. The summed E-state index contributed by atoms with van der Waals surface area (Å²) in [5, 5.41) is 0. The van der Waals surface area contributed by atoms with Gasteiger partial charge in [0.15, 0.2) is 0 Å². The van der Waals surface area contributed by atoms with Crippen molar-refractivity contribution in [2.24, 2.45) is 11.8 Å². The zero-order valence-electron chi connectivity index (χ0n) is 9.27. The Bertz CT molecular complexity index is 375. The van der Waals surface area contributed by atoms with Crippen LogP contribution in [0.25, 0.3) is 0 Å². The SMILES string of the molecule is CCOC(=O)C1CC1c1ccc(NN)cc1. The topological polar surface area (TPSA) is 64.3 Å². The van der Waals surface area contributed by atoms with E-state index in [0.29, 0.717) is 12.5 Å². The number of hydrogen-bond acceptors (Lipinski definition) is 4. The molecule has 1 saturated carbocycles. The minimum atomic E-state index is -0.0754. The number of carbonyl (C=O) groups is 1. The Labute approximate surface area is 94.8 Å². The molecule has 2 rings (SSSR count). The second-order valence-electron chi connectivity index (χ2n) is 3.97. The van der Waals surface area contributed by atoms with Crippen molar-refractivity contribution in [1.29, 1.82) is 0 Å². The van der Waals surface area contributed by atoms with Gasteiger partial charge in [0.05, 0.1) is 12.5 Å². The number of rotatable bonds is 4. The summed E-state index contributed by atoms with van der Waals surface area (Å²) in [5.74, 6) is 5.58. The van der Waals surface area contributed by atoms with Crippen LogP contribution in [-0.4, -0.2) is 12.6 Å². The molecule has 0 heterocycles. The summed E-state index contributed by atoms with van der Waals surface area (Å²) in [6, 6.07) is 7.82. The standard InChI is InChI=1S/C12H16N2O2/c1-2-16-12(15)11-7-10(11)8-3-5-9(14-13)6-4-8/h3-6,10-11,14H,2,7,13H2,1H3. The molecule has 1 aliphatic carbocycles. The normalized spacial score (nSPS) is 22.6. The number of nitrogen functional groups attached to an aromatic ring is 1. The quantitative estimate of drug-likeness (QED) is 0.460. The summed E-state index contributed by atoms with van der Waals surface area (Å²) < 4.78 is 4.99. The Morgan fingerprint density at radius 2 is 2.19 bits per heavy atom. The average Bonchev–Trinajstić information content (AvgIpc) is 3.09. The highest BCUT2D eigenvalue weighted by atomic mass is 16.5. The Kier molecular flexibility index (Phi) is 3.10. The molecule has 0 radical (unpaired) electrons. The molecular formula is C12H16N2O2. The molecule has 86 valence electrons. The lowest BCUT2D eigenvalue weighted by Gasteiger charge is -2.03. The monoisotopic (exact) mass is 220 g/mol. The summed E-state index contributed by atoms with van der Waals surface area (Å²) in [7, 11) is 0. The molecule has 0 amide bonds.